The number of carbonyl (C=O) groups is 1. The Bertz CT molecular complexity index is 991. The summed E-state index contributed by atoms with van der Waals surface area (Å²) in [5.74, 6) is 1.06. The Balaban J connectivity index is 1.76. The largest absolute Gasteiger partial charge is 0.496 e. The molecule has 174 valence electrons. The minimum Gasteiger partial charge on any atom is -0.496 e. The highest BCUT2D eigenvalue weighted by Gasteiger charge is 2.38. The number of hydrogen-bond donors (Lipinski definition) is 2. The number of guanidine groups is 1. The van der Waals surface area contributed by atoms with E-state index in [1.165, 1.54) is 5.56 Å². The predicted molar refractivity (Wildman–Crippen MR) is 130 cm³/mol. The average Bonchev–Trinajstić information content (AvgIpc) is 2.87. The van der Waals surface area contributed by atoms with E-state index in [0.29, 0.717) is 30.4 Å². The van der Waals surface area contributed by atoms with Gasteiger partial charge in [-0.15, -0.1) is 0 Å². The number of para-hydroxylation sites is 1. The number of hydrogen-bond acceptors (Lipinski definition) is 4. The Labute approximate surface area is 196 Å². The Hall–Kier alpha value is -3.53. The van der Waals surface area contributed by atoms with Gasteiger partial charge in [-0.05, 0) is 50.3 Å². The van der Waals surface area contributed by atoms with E-state index >= 15 is 0 Å². The number of benzene rings is 2. The first kappa shape index (κ1) is 24.1. The molecule has 0 aromatic heterocycles. The molecule has 1 aliphatic carbocycles. The van der Waals surface area contributed by atoms with Gasteiger partial charge in [-0.2, -0.15) is 5.26 Å². The van der Waals surface area contributed by atoms with Crippen molar-refractivity contribution in [2.24, 2.45) is 4.99 Å². The quantitative estimate of drug-likeness (QED) is 0.292. The molecule has 2 aromatic rings. The van der Waals surface area contributed by atoms with Crippen molar-refractivity contribution in [3.63, 3.8) is 0 Å². The van der Waals surface area contributed by atoms with Gasteiger partial charge in [-0.1, -0.05) is 42.5 Å². The van der Waals surface area contributed by atoms with Crippen LogP contribution < -0.4 is 15.4 Å². The number of ether oxygens (including phenoxy) is 1. The lowest BCUT2D eigenvalue weighted by atomic mass is 9.68. The second kappa shape index (κ2) is 11.4. The smallest absolute Gasteiger partial charge is 0.255 e. The SMILES string of the molecule is CC/N=C(/NC#N)N(C)C1CCC(CNC(=O)c2ccccc2OC)(c2ccccc2)CC1. The number of nitrogens with one attached hydrogen (secondary N) is 2. The van der Waals surface area contributed by atoms with Crippen molar-refractivity contribution >= 4 is 11.9 Å². The molecular weight excluding hydrogens is 414 g/mol. The first-order valence-corrected chi connectivity index (χ1v) is 11.4. The van der Waals surface area contributed by atoms with Crippen molar-refractivity contribution in [1.82, 2.24) is 15.5 Å². The lowest BCUT2D eigenvalue weighted by molar-refractivity contribution is 0.0927. The van der Waals surface area contributed by atoms with Crippen LogP contribution in [-0.4, -0.2) is 50.1 Å². The Morgan fingerprint density at radius 1 is 1.18 bits per heavy atom. The van der Waals surface area contributed by atoms with Crippen LogP contribution in [0.4, 0.5) is 0 Å². The summed E-state index contributed by atoms with van der Waals surface area (Å²) in [6.07, 6.45) is 5.71. The second-order valence-corrected chi connectivity index (χ2v) is 8.41. The van der Waals surface area contributed by atoms with Crippen LogP contribution in [0.1, 0.15) is 48.5 Å². The standard InChI is InChI=1S/C26H33N5O2/c1-4-28-25(30-19-27)31(2)21-14-16-26(17-15-21,20-10-6-5-7-11-20)18-29-24(32)22-12-8-9-13-23(22)33-3/h5-13,21H,4,14-18H2,1-3H3,(H,28,30)(H,29,32). The summed E-state index contributed by atoms with van der Waals surface area (Å²) in [6.45, 7) is 3.12. The van der Waals surface area contributed by atoms with Gasteiger partial charge >= 0.3 is 0 Å². The molecule has 7 heteroatoms. The van der Waals surface area contributed by atoms with Gasteiger partial charge in [-0.25, -0.2) is 0 Å². The summed E-state index contributed by atoms with van der Waals surface area (Å²) < 4.78 is 5.36. The maximum absolute atomic E-state index is 13.0. The fourth-order valence-electron chi connectivity index (χ4n) is 4.69. The third kappa shape index (κ3) is 5.64. The Kier molecular flexibility index (Phi) is 8.31. The molecular formula is C26H33N5O2. The van der Waals surface area contributed by atoms with Crippen molar-refractivity contribution in [2.45, 2.75) is 44.1 Å². The Morgan fingerprint density at radius 3 is 2.48 bits per heavy atom. The van der Waals surface area contributed by atoms with Gasteiger partial charge in [0.15, 0.2) is 6.19 Å². The van der Waals surface area contributed by atoms with E-state index in [1.54, 1.807) is 19.2 Å². The number of carbonyl (C=O) groups excluding carboxylic acids is 1. The summed E-state index contributed by atoms with van der Waals surface area (Å²) in [4.78, 5) is 19.5. The lowest BCUT2D eigenvalue weighted by Gasteiger charge is -2.43. The topological polar surface area (TPSA) is 89.8 Å². The summed E-state index contributed by atoms with van der Waals surface area (Å²) in [7, 11) is 3.56. The molecule has 0 radical (unpaired) electrons. The molecule has 1 aliphatic rings. The zero-order valence-corrected chi connectivity index (χ0v) is 19.7. The normalized spacial score (nSPS) is 20.4. The molecule has 3 rings (SSSR count). The fraction of sp³-hybridized carbons (Fsp3) is 0.423. The molecule has 0 saturated heterocycles. The van der Waals surface area contributed by atoms with Crippen LogP contribution in [0.3, 0.4) is 0 Å². The molecule has 1 saturated carbocycles. The number of amides is 1. The lowest BCUT2D eigenvalue weighted by Crippen LogP contribution is -2.50. The second-order valence-electron chi connectivity index (χ2n) is 8.41. The van der Waals surface area contributed by atoms with Crippen molar-refractivity contribution in [3.8, 4) is 11.9 Å². The van der Waals surface area contributed by atoms with Crippen LogP contribution in [0.5, 0.6) is 5.75 Å². The minimum atomic E-state index is -0.152. The fourth-order valence-corrected chi connectivity index (χ4v) is 4.69. The van der Waals surface area contributed by atoms with E-state index in [0.717, 1.165) is 25.7 Å². The molecule has 2 aromatic carbocycles. The predicted octanol–water partition coefficient (Wildman–Crippen LogP) is 3.68. The van der Waals surface area contributed by atoms with Crippen LogP contribution in [0.2, 0.25) is 0 Å². The highest BCUT2D eigenvalue weighted by atomic mass is 16.5. The number of nitrogens with zero attached hydrogens (tertiary/aromatic N) is 3. The molecule has 1 fully saturated rings. The molecule has 0 aliphatic heterocycles. The number of aliphatic imine (C=N–C) groups is 1. The third-order valence-corrected chi connectivity index (χ3v) is 6.59. The van der Waals surface area contributed by atoms with E-state index in [9.17, 15) is 4.79 Å². The van der Waals surface area contributed by atoms with Crippen LogP contribution in [0.15, 0.2) is 59.6 Å². The molecule has 2 N–H and O–H groups in total. The van der Waals surface area contributed by atoms with Crippen molar-refractivity contribution < 1.29 is 9.53 Å². The van der Waals surface area contributed by atoms with Crippen LogP contribution in [-0.2, 0) is 5.41 Å². The number of methoxy groups -OCH3 is 1. The molecule has 0 unspecified atom stereocenters. The zero-order valence-electron chi connectivity index (χ0n) is 19.7. The molecule has 7 nitrogen and oxygen atoms in total. The van der Waals surface area contributed by atoms with Crippen LogP contribution in [0, 0.1) is 11.5 Å². The maximum Gasteiger partial charge on any atom is 0.255 e. The third-order valence-electron chi connectivity index (χ3n) is 6.59. The van der Waals surface area contributed by atoms with Gasteiger partial charge in [0.2, 0.25) is 5.96 Å². The Morgan fingerprint density at radius 2 is 1.85 bits per heavy atom. The van der Waals surface area contributed by atoms with Crippen molar-refractivity contribution in [1.29, 1.82) is 5.26 Å². The van der Waals surface area contributed by atoms with E-state index in [4.69, 9.17) is 10.00 Å². The molecule has 0 spiro atoms. The molecule has 1 amide bonds. The first-order chi connectivity index (χ1) is 16.0. The van der Waals surface area contributed by atoms with Gasteiger partial charge in [0, 0.05) is 31.6 Å². The highest BCUT2D eigenvalue weighted by Crippen LogP contribution is 2.40. The van der Waals surface area contributed by atoms with Crippen molar-refractivity contribution in [3.05, 3.63) is 65.7 Å². The van der Waals surface area contributed by atoms with E-state index in [-0.39, 0.29) is 17.4 Å². The molecule has 33 heavy (non-hydrogen) atoms. The van der Waals surface area contributed by atoms with Gasteiger partial charge in [0.25, 0.3) is 5.91 Å². The first-order valence-electron chi connectivity index (χ1n) is 11.4. The monoisotopic (exact) mass is 447 g/mol. The molecule has 0 bridgehead atoms. The summed E-state index contributed by atoms with van der Waals surface area (Å²) in [5.41, 5.74) is 1.63. The van der Waals surface area contributed by atoms with Crippen LogP contribution in [0.25, 0.3) is 0 Å². The summed E-state index contributed by atoms with van der Waals surface area (Å²) >= 11 is 0. The van der Waals surface area contributed by atoms with Crippen LogP contribution >= 0.6 is 0 Å². The molecule has 0 heterocycles. The van der Waals surface area contributed by atoms with E-state index in [1.807, 2.05) is 38.4 Å². The summed E-state index contributed by atoms with van der Waals surface area (Å²) in [6, 6.07) is 18.0. The average molecular weight is 448 g/mol. The minimum absolute atomic E-state index is 0.127. The molecule has 0 atom stereocenters. The number of nitriles is 1. The maximum atomic E-state index is 13.0. The number of rotatable bonds is 7. The van der Waals surface area contributed by atoms with Crippen molar-refractivity contribution in [2.75, 3.05) is 27.2 Å². The summed E-state index contributed by atoms with van der Waals surface area (Å²) in [5, 5.41) is 15.0. The van der Waals surface area contributed by atoms with E-state index < -0.39 is 0 Å². The van der Waals surface area contributed by atoms with Gasteiger partial charge < -0.3 is 15.0 Å². The van der Waals surface area contributed by atoms with Gasteiger partial charge in [0.1, 0.15) is 5.75 Å². The van der Waals surface area contributed by atoms with Gasteiger partial charge in [0.05, 0.1) is 12.7 Å². The highest BCUT2D eigenvalue weighted by molar-refractivity contribution is 5.97. The van der Waals surface area contributed by atoms with E-state index in [2.05, 4.69) is 44.8 Å². The van der Waals surface area contributed by atoms with Gasteiger partial charge in [-0.3, -0.25) is 15.1 Å². The zero-order chi connectivity index (χ0) is 23.7.